The smallest absolute Gasteiger partial charge is 0.147 e. The molecule has 1 aliphatic heterocycles. The van der Waals surface area contributed by atoms with Crippen LogP contribution >= 0.6 is 15.9 Å². The van der Waals surface area contributed by atoms with Crippen molar-refractivity contribution < 1.29 is 4.39 Å². The van der Waals surface area contributed by atoms with Gasteiger partial charge in [0, 0.05) is 29.6 Å². The van der Waals surface area contributed by atoms with E-state index >= 15 is 0 Å². The molecule has 0 radical (unpaired) electrons. The highest BCUT2D eigenvalue weighted by atomic mass is 79.9. The van der Waals surface area contributed by atoms with E-state index < -0.39 is 0 Å². The van der Waals surface area contributed by atoms with Crippen LogP contribution in [0, 0.1) is 5.82 Å². The second-order valence-corrected chi connectivity index (χ2v) is 5.88. The number of hydrogen-bond donors (Lipinski definition) is 1. The first-order valence-electron chi connectivity index (χ1n) is 6.18. The van der Waals surface area contributed by atoms with Crippen molar-refractivity contribution in [3.63, 3.8) is 0 Å². The van der Waals surface area contributed by atoms with E-state index in [0.717, 1.165) is 35.7 Å². The van der Waals surface area contributed by atoms with Crippen LogP contribution in [0.25, 0.3) is 0 Å². The van der Waals surface area contributed by atoms with Gasteiger partial charge >= 0.3 is 0 Å². The molecule has 0 bridgehead atoms. The maximum atomic E-state index is 13.8. The quantitative estimate of drug-likeness (QED) is 0.923. The average Bonchev–Trinajstić information content (AvgIpc) is 2.96. The van der Waals surface area contributed by atoms with Crippen LogP contribution in [0.1, 0.15) is 19.3 Å². The van der Waals surface area contributed by atoms with Crippen LogP contribution in [0.5, 0.6) is 0 Å². The van der Waals surface area contributed by atoms with Gasteiger partial charge in [-0.25, -0.2) is 4.39 Å². The van der Waals surface area contributed by atoms with Gasteiger partial charge in [-0.2, -0.15) is 0 Å². The molecule has 1 unspecified atom stereocenters. The molecule has 2 nitrogen and oxygen atoms in total. The lowest BCUT2D eigenvalue weighted by Crippen LogP contribution is -2.34. The normalized spacial score (nSPS) is 24.4. The van der Waals surface area contributed by atoms with E-state index in [0.29, 0.717) is 6.04 Å². The molecule has 1 saturated carbocycles. The third-order valence-electron chi connectivity index (χ3n) is 3.49. The minimum atomic E-state index is -0.133. The summed E-state index contributed by atoms with van der Waals surface area (Å²) in [6, 6.07) is 6.57. The molecule has 1 aromatic rings. The van der Waals surface area contributed by atoms with Crippen LogP contribution in [-0.2, 0) is 0 Å². The number of anilines is 1. The molecule has 17 heavy (non-hydrogen) atoms. The lowest BCUT2D eigenvalue weighted by Gasteiger charge is -2.19. The Bertz CT molecular complexity index is 420. The zero-order chi connectivity index (χ0) is 11.8. The SMILES string of the molecule is Fc1cc(Br)ccc1N1CCC(NC2CC2)C1. The van der Waals surface area contributed by atoms with E-state index in [1.54, 1.807) is 0 Å². The fourth-order valence-corrected chi connectivity index (χ4v) is 2.77. The minimum Gasteiger partial charge on any atom is -0.368 e. The second-order valence-electron chi connectivity index (χ2n) is 4.97. The monoisotopic (exact) mass is 298 g/mol. The van der Waals surface area contributed by atoms with Crippen molar-refractivity contribution in [2.24, 2.45) is 0 Å². The maximum absolute atomic E-state index is 13.8. The van der Waals surface area contributed by atoms with Gasteiger partial charge in [0.1, 0.15) is 5.82 Å². The topological polar surface area (TPSA) is 15.3 Å². The van der Waals surface area contributed by atoms with E-state index in [2.05, 4.69) is 26.1 Å². The van der Waals surface area contributed by atoms with Crippen LogP contribution in [0.3, 0.4) is 0 Å². The Morgan fingerprint density at radius 2 is 2.06 bits per heavy atom. The molecule has 1 saturated heterocycles. The molecule has 0 aromatic heterocycles. The average molecular weight is 299 g/mol. The predicted molar refractivity (Wildman–Crippen MR) is 70.9 cm³/mol. The van der Waals surface area contributed by atoms with Gasteiger partial charge in [-0.15, -0.1) is 0 Å². The number of benzene rings is 1. The molecule has 1 atom stereocenters. The summed E-state index contributed by atoms with van der Waals surface area (Å²) in [6.07, 6.45) is 3.73. The Kier molecular flexibility index (Phi) is 3.09. The summed E-state index contributed by atoms with van der Waals surface area (Å²) in [6.45, 7) is 1.87. The van der Waals surface area contributed by atoms with Crippen molar-refractivity contribution in [3.05, 3.63) is 28.5 Å². The summed E-state index contributed by atoms with van der Waals surface area (Å²) in [5, 5.41) is 3.61. The lowest BCUT2D eigenvalue weighted by atomic mass is 10.2. The van der Waals surface area contributed by atoms with Gasteiger partial charge < -0.3 is 10.2 Å². The summed E-state index contributed by atoms with van der Waals surface area (Å²) in [5.74, 6) is -0.133. The molecule has 0 amide bonds. The van der Waals surface area contributed by atoms with Crippen molar-refractivity contribution in [2.75, 3.05) is 18.0 Å². The summed E-state index contributed by atoms with van der Waals surface area (Å²) < 4.78 is 14.6. The number of rotatable bonds is 3. The number of hydrogen-bond acceptors (Lipinski definition) is 2. The molecule has 1 heterocycles. The van der Waals surface area contributed by atoms with Crippen molar-refractivity contribution in [1.29, 1.82) is 0 Å². The Hall–Kier alpha value is -0.610. The zero-order valence-corrected chi connectivity index (χ0v) is 11.2. The van der Waals surface area contributed by atoms with Gasteiger partial charge in [0.25, 0.3) is 0 Å². The highest BCUT2D eigenvalue weighted by Crippen LogP contribution is 2.28. The molecular weight excluding hydrogens is 283 g/mol. The van der Waals surface area contributed by atoms with Gasteiger partial charge in [-0.1, -0.05) is 15.9 Å². The molecule has 92 valence electrons. The van der Waals surface area contributed by atoms with Crippen molar-refractivity contribution in [2.45, 2.75) is 31.3 Å². The number of nitrogens with zero attached hydrogens (tertiary/aromatic N) is 1. The molecule has 0 spiro atoms. The summed E-state index contributed by atoms with van der Waals surface area (Å²) in [7, 11) is 0. The highest BCUT2D eigenvalue weighted by Gasteiger charge is 2.29. The minimum absolute atomic E-state index is 0.133. The van der Waals surface area contributed by atoms with Crippen LogP contribution in [0.4, 0.5) is 10.1 Å². The lowest BCUT2D eigenvalue weighted by molar-refractivity contribution is 0.547. The van der Waals surface area contributed by atoms with Gasteiger partial charge in [-0.3, -0.25) is 0 Å². The Morgan fingerprint density at radius 3 is 2.76 bits per heavy atom. The number of nitrogens with one attached hydrogen (secondary N) is 1. The van der Waals surface area contributed by atoms with Crippen LogP contribution in [0.15, 0.2) is 22.7 Å². The van der Waals surface area contributed by atoms with E-state index in [1.807, 2.05) is 12.1 Å². The summed E-state index contributed by atoms with van der Waals surface area (Å²) in [5.41, 5.74) is 0.730. The summed E-state index contributed by atoms with van der Waals surface area (Å²) >= 11 is 3.29. The van der Waals surface area contributed by atoms with E-state index in [9.17, 15) is 4.39 Å². The standard InChI is InChI=1S/C13H16BrFN2/c14-9-1-4-13(12(15)7-9)17-6-5-11(8-17)16-10-2-3-10/h1,4,7,10-11,16H,2-3,5-6,8H2. The van der Waals surface area contributed by atoms with E-state index in [-0.39, 0.29) is 5.82 Å². The van der Waals surface area contributed by atoms with Gasteiger partial charge in [-0.05, 0) is 37.5 Å². The maximum Gasteiger partial charge on any atom is 0.147 e. The Labute approximate surface area is 109 Å². The third kappa shape index (κ3) is 2.63. The molecule has 1 aliphatic carbocycles. The van der Waals surface area contributed by atoms with Crippen LogP contribution in [-0.4, -0.2) is 25.2 Å². The number of halogens is 2. The van der Waals surface area contributed by atoms with Gasteiger partial charge in [0.2, 0.25) is 0 Å². The first-order chi connectivity index (χ1) is 8.22. The second kappa shape index (κ2) is 4.58. The molecule has 1 N–H and O–H groups in total. The van der Waals surface area contributed by atoms with E-state index in [1.165, 1.54) is 18.9 Å². The largest absolute Gasteiger partial charge is 0.368 e. The Morgan fingerprint density at radius 1 is 1.24 bits per heavy atom. The molecule has 3 rings (SSSR count). The molecule has 2 aliphatic rings. The first-order valence-corrected chi connectivity index (χ1v) is 6.98. The first kappa shape index (κ1) is 11.5. The van der Waals surface area contributed by atoms with Gasteiger partial charge in [0.05, 0.1) is 5.69 Å². The van der Waals surface area contributed by atoms with Crippen molar-refractivity contribution in [1.82, 2.24) is 5.32 Å². The summed E-state index contributed by atoms with van der Waals surface area (Å²) in [4.78, 5) is 2.14. The van der Waals surface area contributed by atoms with Crippen LogP contribution < -0.4 is 10.2 Å². The van der Waals surface area contributed by atoms with Crippen molar-refractivity contribution in [3.8, 4) is 0 Å². The fourth-order valence-electron chi connectivity index (χ4n) is 2.44. The van der Waals surface area contributed by atoms with Crippen molar-refractivity contribution >= 4 is 21.6 Å². The highest BCUT2D eigenvalue weighted by molar-refractivity contribution is 9.10. The van der Waals surface area contributed by atoms with E-state index in [4.69, 9.17) is 0 Å². The predicted octanol–water partition coefficient (Wildman–Crippen LogP) is 2.92. The molecule has 1 aromatic carbocycles. The van der Waals surface area contributed by atoms with Gasteiger partial charge in [0.15, 0.2) is 0 Å². The van der Waals surface area contributed by atoms with Crippen LogP contribution in [0.2, 0.25) is 0 Å². The molecule has 4 heteroatoms. The fraction of sp³-hybridized carbons (Fsp3) is 0.538. The molecular formula is C13H16BrFN2. The zero-order valence-electron chi connectivity index (χ0n) is 9.63. The molecule has 2 fully saturated rings. The Balaban J connectivity index is 1.68. The third-order valence-corrected chi connectivity index (χ3v) is 3.98.